The Morgan fingerprint density at radius 2 is 2.17 bits per heavy atom. The fraction of sp³-hybridized carbons (Fsp3) is 0.444. The van der Waals surface area contributed by atoms with Gasteiger partial charge in [0, 0.05) is 12.0 Å². The van der Waals surface area contributed by atoms with Gasteiger partial charge in [0.05, 0.1) is 18.4 Å². The molecule has 2 N–H and O–H groups in total. The maximum absolute atomic E-state index is 13.0. The van der Waals surface area contributed by atoms with Gasteiger partial charge in [-0.3, -0.25) is 4.79 Å². The summed E-state index contributed by atoms with van der Waals surface area (Å²) < 4.78 is 13.0. The van der Waals surface area contributed by atoms with Gasteiger partial charge in [-0.05, 0) is 63.2 Å². The first kappa shape index (κ1) is 16.6. The molecule has 1 saturated heterocycles. The Hall–Kier alpha value is -2.21. The van der Waals surface area contributed by atoms with Crippen LogP contribution in [0.1, 0.15) is 25.6 Å². The summed E-state index contributed by atoms with van der Waals surface area (Å²) in [6.45, 7) is 3.48. The van der Waals surface area contributed by atoms with E-state index in [9.17, 15) is 9.18 Å². The van der Waals surface area contributed by atoms with E-state index in [4.69, 9.17) is 0 Å². The number of piperidine rings is 1. The van der Waals surface area contributed by atoms with E-state index in [1.807, 2.05) is 0 Å². The summed E-state index contributed by atoms with van der Waals surface area (Å²) in [6, 6.07) is 6.66. The van der Waals surface area contributed by atoms with Gasteiger partial charge in [-0.25, -0.2) is 9.37 Å². The van der Waals surface area contributed by atoms with Crippen LogP contribution in [0, 0.1) is 11.7 Å². The number of H-pyrrole nitrogens is 1. The van der Waals surface area contributed by atoms with Crippen LogP contribution in [0.4, 0.5) is 4.39 Å². The Morgan fingerprint density at radius 3 is 2.88 bits per heavy atom. The van der Waals surface area contributed by atoms with E-state index in [0.717, 1.165) is 30.6 Å². The normalized spacial score (nSPS) is 21.6. The number of hydrogen-bond donors (Lipinski definition) is 2. The zero-order valence-corrected chi connectivity index (χ0v) is 14.1. The lowest BCUT2D eigenvalue weighted by Crippen LogP contribution is -2.43. The van der Waals surface area contributed by atoms with Gasteiger partial charge in [-0.2, -0.15) is 0 Å². The van der Waals surface area contributed by atoms with E-state index in [1.54, 1.807) is 18.3 Å². The van der Waals surface area contributed by atoms with E-state index >= 15 is 0 Å². The third-order valence-electron chi connectivity index (χ3n) is 4.79. The van der Waals surface area contributed by atoms with Crippen molar-refractivity contribution < 1.29 is 9.18 Å². The number of likely N-dealkylation sites (tertiary alicyclic amines) is 1. The molecule has 1 aliphatic rings. The van der Waals surface area contributed by atoms with Crippen LogP contribution in [-0.2, 0) is 11.3 Å². The van der Waals surface area contributed by atoms with Crippen molar-refractivity contribution in [2.75, 3.05) is 13.6 Å². The number of aromatic amines is 1. The summed E-state index contributed by atoms with van der Waals surface area (Å²) in [5.41, 5.74) is 1.68. The second-order valence-corrected chi connectivity index (χ2v) is 6.52. The van der Waals surface area contributed by atoms with Crippen LogP contribution in [0.3, 0.4) is 0 Å². The number of halogens is 1. The molecule has 24 heavy (non-hydrogen) atoms. The minimum atomic E-state index is -0.266. The molecule has 1 aromatic carbocycles. The van der Waals surface area contributed by atoms with Gasteiger partial charge < -0.3 is 15.2 Å². The van der Waals surface area contributed by atoms with Crippen molar-refractivity contribution >= 4 is 5.91 Å². The lowest BCUT2D eigenvalue weighted by atomic mass is 9.91. The summed E-state index contributed by atoms with van der Waals surface area (Å²) >= 11 is 0. The lowest BCUT2D eigenvalue weighted by Gasteiger charge is -2.34. The molecule has 2 atom stereocenters. The Kier molecular flexibility index (Phi) is 4.94. The number of aromatic nitrogens is 2. The molecule has 1 aromatic heterocycles. The zero-order chi connectivity index (χ0) is 17.1. The van der Waals surface area contributed by atoms with Gasteiger partial charge in [0.2, 0.25) is 5.91 Å². The number of carbonyl (C=O) groups is 1. The molecule has 6 heteroatoms. The summed E-state index contributed by atoms with van der Waals surface area (Å²) in [7, 11) is 2.10. The molecule has 0 aliphatic carbocycles. The topological polar surface area (TPSA) is 61.0 Å². The van der Waals surface area contributed by atoms with Gasteiger partial charge in [-0.1, -0.05) is 0 Å². The molecule has 3 rings (SSSR count). The third kappa shape index (κ3) is 3.82. The quantitative estimate of drug-likeness (QED) is 0.906. The Bertz CT molecular complexity index is 697. The van der Waals surface area contributed by atoms with Crippen LogP contribution in [-0.4, -0.2) is 40.4 Å². The number of nitrogens with zero attached hydrogens (tertiary/aromatic N) is 2. The van der Waals surface area contributed by atoms with Crippen molar-refractivity contribution in [3.8, 4) is 11.3 Å². The zero-order valence-electron chi connectivity index (χ0n) is 14.1. The monoisotopic (exact) mass is 330 g/mol. The Labute approximate surface area is 141 Å². The highest BCUT2D eigenvalue weighted by Crippen LogP contribution is 2.22. The lowest BCUT2D eigenvalue weighted by molar-refractivity contribution is -0.127. The van der Waals surface area contributed by atoms with Crippen LogP contribution in [0.25, 0.3) is 11.3 Å². The SMILES string of the molecule is C[C@H]1C[C@@H](C(=O)NCc2ncc(-c3ccc(F)cc3)[nH]2)CCN1C. The third-order valence-corrected chi connectivity index (χ3v) is 4.79. The molecule has 0 bridgehead atoms. The van der Waals surface area contributed by atoms with Gasteiger partial charge in [0.15, 0.2) is 0 Å². The van der Waals surface area contributed by atoms with Crippen LogP contribution in [0.2, 0.25) is 0 Å². The average molecular weight is 330 g/mol. The largest absolute Gasteiger partial charge is 0.349 e. The first-order valence-electron chi connectivity index (χ1n) is 8.30. The summed E-state index contributed by atoms with van der Waals surface area (Å²) in [4.78, 5) is 22.1. The van der Waals surface area contributed by atoms with Crippen molar-refractivity contribution in [3.05, 3.63) is 42.1 Å². The first-order valence-corrected chi connectivity index (χ1v) is 8.30. The van der Waals surface area contributed by atoms with Crippen molar-refractivity contribution in [3.63, 3.8) is 0 Å². The van der Waals surface area contributed by atoms with Gasteiger partial charge in [0.1, 0.15) is 11.6 Å². The molecule has 0 radical (unpaired) electrons. The smallest absolute Gasteiger partial charge is 0.223 e. The van der Waals surface area contributed by atoms with Crippen molar-refractivity contribution in [2.45, 2.75) is 32.4 Å². The van der Waals surface area contributed by atoms with E-state index in [-0.39, 0.29) is 17.6 Å². The number of carbonyl (C=O) groups excluding carboxylic acids is 1. The van der Waals surface area contributed by atoms with Crippen LogP contribution in [0.15, 0.2) is 30.5 Å². The average Bonchev–Trinajstić information content (AvgIpc) is 3.05. The molecule has 1 aliphatic heterocycles. The molecule has 2 heterocycles. The fourth-order valence-electron chi connectivity index (χ4n) is 3.07. The Morgan fingerprint density at radius 1 is 1.42 bits per heavy atom. The van der Waals surface area contributed by atoms with Gasteiger partial charge >= 0.3 is 0 Å². The number of benzene rings is 1. The molecular formula is C18H23FN4O. The molecular weight excluding hydrogens is 307 g/mol. The van der Waals surface area contributed by atoms with E-state index in [1.165, 1.54) is 12.1 Å². The first-order chi connectivity index (χ1) is 11.5. The van der Waals surface area contributed by atoms with Crippen molar-refractivity contribution in [1.82, 2.24) is 20.2 Å². The molecule has 1 fully saturated rings. The Balaban J connectivity index is 1.55. The fourth-order valence-corrected chi connectivity index (χ4v) is 3.07. The maximum Gasteiger partial charge on any atom is 0.223 e. The van der Waals surface area contributed by atoms with Crippen LogP contribution >= 0.6 is 0 Å². The molecule has 2 aromatic rings. The minimum Gasteiger partial charge on any atom is -0.349 e. The van der Waals surface area contributed by atoms with Crippen molar-refractivity contribution in [2.24, 2.45) is 5.92 Å². The minimum absolute atomic E-state index is 0.0720. The van der Waals surface area contributed by atoms with E-state index in [0.29, 0.717) is 18.4 Å². The second-order valence-electron chi connectivity index (χ2n) is 6.52. The molecule has 0 saturated carbocycles. The summed E-state index contributed by atoms with van der Waals surface area (Å²) in [6.07, 6.45) is 3.49. The molecule has 0 unspecified atom stereocenters. The number of rotatable bonds is 4. The van der Waals surface area contributed by atoms with E-state index < -0.39 is 0 Å². The van der Waals surface area contributed by atoms with Crippen molar-refractivity contribution in [1.29, 1.82) is 0 Å². The second kappa shape index (κ2) is 7.13. The van der Waals surface area contributed by atoms with Crippen LogP contribution in [0.5, 0.6) is 0 Å². The molecule has 5 nitrogen and oxygen atoms in total. The highest BCUT2D eigenvalue weighted by Gasteiger charge is 2.27. The standard InChI is InChI=1S/C18H23FN4O/c1-12-9-14(7-8-23(12)2)18(24)21-11-17-20-10-16(22-17)13-3-5-15(19)6-4-13/h3-6,10,12,14H,7-9,11H2,1-2H3,(H,20,22)(H,21,24)/t12-,14-/m0/s1. The molecule has 0 spiro atoms. The van der Waals surface area contributed by atoms with Crippen LogP contribution < -0.4 is 5.32 Å². The highest BCUT2D eigenvalue weighted by molar-refractivity contribution is 5.78. The summed E-state index contributed by atoms with van der Waals surface area (Å²) in [5.74, 6) is 0.596. The van der Waals surface area contributed by atoms with Gasteiger partial charge in [-0.15, -0.1) is 0 Å². The molecule has 128 valence electrons. The maximum atomic E-state index is 13.0. The summed E-state index contributed by atoms with van der Waals surface area (Å²) in [5, 5.41) is 2.97. The molecule has 1 amide bonds. The van der Waals surface area contributed by atoms with E-state index in [2.05, 4.69) is 34.2 Å². The highest BCUT2D eigenvalue weighted by atomic mass is 19.1. The number of imidazole rings is 1. The number of hydrogen-bond acceptors (Lipinski definition) is 3. The van der Waals surface area contributed by atoms with Gasteiger partial charge in [0.25, 0.3) is 0 Å². The number of amides is 1. The predicted molar refractivity (Wildman–Crippen MR) is 90.6 cm³/mol. The predicted octanol–water partition coefficient (Wildman–Crippen LogP) is 2.56. The number of nitrogens with one attached hydrogen (secondary N) is 2.